The van der Waals surface area contributed by atoms with Gasteiger partial charge in [0.05, 0.1) is 0 Å². The van der Waals surface area contributed by atoms with Crippen molar-refractivity contribution in [1.82, 2.24) is 0 Å². The second-order valence-corrected chi connectivity index (χ2v) is 2.34. The summed E-state index contributed by atoms with van der Waals surface area (Å²) in [6.45, 7) is 0. The van der Waals surface area contributed by atoms with E-state index in [0.717, 1.165) is 18.4 Å². The van der Waals surface area contributed by atoms with Crippen molar-refractivity contribution in [2.45, 2.75) is 19.3 Å². The maximum absolute atomic E-state index is 10.0. The van der Waals surface area contributed by atoms with Crippen molar-refractivity contribution in [2.24, 2.45) is 0 Å². The zero-order valence-electron chi connectivity index (χ0n) is 5.71. The molecule has 0 radical (unpaired) electrons. The van der Waals surface area contributed by atoms with Crippen molar-refractivity contribution >= 4 is 5.97 Å². The zero-order chi connectivity index (χ0) is 7.40. The molecule has 2 heteroatoms. The lowest BCUT2D eigenvalue weighted by Gasteiger charge is -1.86. The third-order valence-electron chi connectivity index (χ3n) is 1.52. The van der Waals surface area contributed by atoms with Gasteiger partial charge in [-0.2, -0.15) is 0 Å². The van der Waals surface area contributed by atoms with Crippen molar-refractivity contribution in [3.63, 3.8) is 0 Å². The second-order valence-electron chi connectivity index (χ2n) is 2.34. The van der Waals surface area contributed by atoms with Crippen LogP contribution in [0.4, 0.5) is 0 Å². The molecule has 1 rings (SSSR count). The van der Waals surface area contributed by atoms with E-state index in [0.29, 0.717) is 0 Å². The fourth-order valence-corrected chi connectivity index (χ4v) is 1.03. The van der Waals surface area contributed by atoms with Crippen molar-refractivity contribution in [3.8, 4) is 0 Å². The highest BCUT2D eigenvalue weighted by molar-refractivity contribution is 5.80. The molecule has 1 N–H and O–H groups in total. The SMILES string of the molecule is O=C(O)C=CC1=CCCC1. The van der Waals surface area contributed by atoms with E-state index >= 15 is 0 Å². The average molecular weight is 138 g/mol. The van der Waals surface area contributed by atoms with Crippen LogP contribution in [0.15, 0.2) is 23.8 Å². The van der Waals surface area contributed by atoms with Crippen LogP contribution in [0, 0.1) is 0 Å². The molecule has 0 bridgehead atoms. The first-order valence-corrected chi connectivity index (χ1v) is 3.39. The zero-order valence-corrected chi connectivity index (χ0v) is 5.71. The topological polar surface area (TPSA) is 37.3 Å². The molecule has 0 spiro atoms. The minimum absolute atomic E-state index is 0.868. The van der Waals surface area contributed by atoms with Gasteiger partial charge in [-0.3, -0.25) is 0 Å². The standard InChI is InChI=1S/C8H10O2/c9-8(10)6-5-7-3-1-2-4-7/h3,5-6H,1-2,4H2,(H,9,10). The van der Waals surface area contributed by atoms with E-state index in [1.807, 2.05) is 0 Å². The molecule has 0 aromatic heterocycles. The summed E-state index contributed by atoms with van der Waals surface area (Å²) in [5.74, 6) is -0.868. The minimum atomic E-state index is -0.868. The van der Waals surface area contributed by atoms with Crippen LogP contribution in [-0.4, -0.2) is 11.1 Å². The maximum atomic E-state index is 10.0. The van der Waals surface area contributed by atoms with Gasteiger partial charge in [0.2, 0.25) is 0 Å². The number of allylic oxidation sites excluding steroid dienone is 3. The largest absolute Gasteiger partial charge is 0.478 e. The van der Waals surface area contributed by atoms with Gasteiger partial charge < -0.3 is 5.11 Å². The minimum Gasteiger partial charge on any atom is -0.478 e. The predicted octanol–water partition coefficient (Wildman–Crippen LogP) is 1.74. The van der Waals surface area contributed by atoms with Gasteiger partial charge in [-0.05, 0) is 19.3 Å². The first-order chi connectivity index (χ1) is 4.79. The fourth-order valence-electron chi connectivity index (χ4n) is 1.03. The smallest absolute Gasteiger partial charge is 0.328 e. The predicted molar refractivity (Wildman–Crippen MR) is 38.7 cm³/mol. The molecular weight excluding hydrogens is 128 g/mol. The van der Waals surface area contributed by atoms with Gasteiger partial charge >= 0.3 is 5.97 Å². The third kappa shape index (κ3) is 2.05. The van der Waals surface area contributed by atoms with Crippen LogP contribution in [0.25, 0.3) is 0 Å². The second kappa shape index (κ2) is 3.20. The average Bonchev–Trinajstić information content (AvgIpc) is 2.34. The summed E-state index contributed by atoms with van der Waals surface area (Å²) in [4.78, 5) is 10.0. The van der Waals surface area contributed by atoms with Gasteiger partial charge in [-0.15, -0.1) is 0 Å². The molecule has 1 aliphatic rings. The molecule has 0 amide bonds. The molecule has 54 valence electrons. The Bertz CT molecular complexity index is 189. The van der Waals surface area contributed by atoms with E-state index in [-0.39, 0.29) is 0 Å². The van der Waals surface area contributed by atoms with Gasteiger partial charge in [0.25, 0.3) is 0 Å². The summed E-state index contributed by atoms with van der Waals surface area (Å²) in [5, 5.41) is 8.26. The van der Waals surface area contributed by atoms with E-state index in [2.05, 4.69) is 6.08 Å². The molecular formula is C8H10O2. The number of carboxylic acid groups (broad SMARTS) is 1. The Labute approximate surface area is 59.9 Å². The Morgan fingerprint density at radius 2 is 2.50 bits per heavy atom. The summed E-state index contributed by atoms with van der Waals surface area (Å²) in [7, 11) is 0. The molecule has 2 nitrogen and oxygen atoms in total. The Morgan fingerprint density at radius 3 is 3.00 bits per heavy atom. The van der Waals surface area contributed by atoms with Crippen molar-refractivity contribution in [3.05, 3.63) is 23.8 Å². The number of rotatable bonds is 2. The molecule has 1 aliphatic carbocycles. The number of aliphatic carboxylic acids is 1. The quantitative estimate of drug-likeness (QED) is 0.590. The monoisotopic (exact) mass is 138 g/mol. The Hall–Kier alpha value is -1.05. The molecule has 0 heterocycles. The van der Waals surface area contributed by atoms with Crippen LogP contribution >= 0.6 is 0 Å². The van der Waals surface area contributed by atoms with E-state index in [1.54, 1.807) is 6.08 Å². The Balaban J connectivity index is 2.44. The van der Waals surface area contributed by atoms with Gasteiger partial charge in [0, 0.05) is 6.08 Å². The van der Waals surface area contributed by atoms with Crippen LogP contribution in [0.5, 0.6) is 0 Å². The molecule has 0 atom stereocenters. The van der Waals surface area contributed by atoms with Crippen LogP contribution in [0.2, 0.25) is 0 Å². The first kappa shape index (κ1) is 7.06. The van der Waals surface area contributed by atoms with Crippen LogP contribution < -0.4 is 0 Å². The van der Waals surface area contributed by atoms with E-state index < -0.39 is 5.97 Å². The highest BCUT2D eigenvalue weighted by atomic mass is 16.4. The Kier molecular flexibility index (Phi) is 2.26. The number of hydrogen-bond acceptors (Lipinski definition) is 1. The van der Waals surface area contributed by atoms with Gasteiger partial charge in [0.15, 0.2) is 0 Å². The van der Waals surface area contributed by atoms with Crippen molar-refractivity contribution < 1.29 is 9.90 Å². The normalized spacial score (nSPS) is 17.8. The van der Waals surface area contributed by atoms with Gasteiger partial charge in [-0.25, -0.2) is 4.79 Å². The number of hydrogen-bond donors (Lipinski definition) is 1. The Morgan fingerprint density at radius 1 is 1.70 bits per heavy atom. The number of carbonyl (C=O) groups is 1. The van der Waals surface area contributed by atoms with E-state index in [9.17, 15) is 4.79 Å². The van der Waals surface area contributed by atoms with Crippen LogP contribution in [0.1, 0.15) is 19.3 Å². The van der Waals surface area contributed by atoms with Crippen molar-refractivity contribution in [1.29, 1.82) is 0 Å². The summed E-state index contributed by atoms with van der Waals surface area (Å²) < 4.78 is 0. The molecule has 0 saturated carbocycles. The highest BCUT2D eigenvalue weighted by Crippen LogP contribution is 2.17. The molecule has 0 saturated heterocycles. The highest BCUT2D eigenvalue weighted by Gasteiger charge is 1.99. The molecule has 0 aromatic rings. The van der Waals surface area contributed by atoms with Gasteiger partial charge in [0.1, 0.15) is 0 Å². The lowest BCUT2D eigenvalue weighted by atomic mass is 10.2. The summed E-state index contributed by atoms with van der Waals surface area (Å²) in [5.41, 5.74) is 1.16. The fraction of sp³-hybridized carbons (Fsp3) is 0.375. The third-order valence-corrected chi connectivity index (χ3v) is 1.52. The van der Waals surface area contributed by atoms with Crippen molar-refractivity contribution in [2.75, 3.05) is 0 Å². The van der Waals surface area contributed by atoms with E-state index in [1.165, 1.54) is 12.5 Å². The molecule has 0 aromatic carbocycles. The summed E-state index contributed by atoms with van der Waals surface area (Å²) >= 11 is 0. The molecule has 0 fully saturated rings. The molecule has 10 heavy (non-hydrogen) atoms. The maximum Gasteiger partial charge on any atom is 0.328 e. The van der Waals surface area contributed by atoms with Crippen LogP contribution in [0.3, 0.4) is 0 Å². The summed E-state index contributed by atoms with van der Waals surface area (Å²) in [6.07, 6.45) is 8.24. The lowest BCUT2D eigenvalue weighted by Crippen LogP contribution is -1.85. The lowest BCUT2D eigenvalue weighted by molar-refractivity contribution is -0.131. The molecule has 0 unspecified atom stereocenters. The van der Waals surface area contributed by atoms with Gasteiger partial charge in [-0.1, -0.05) is 17.7 Å². The van der Waals surface area contributed by atoms with E-state index in [4.69, 9.17) is 5.11 Å². The summed E-state index contributed by atoms with van der Waals surface area (Å²) in [6, 6.07) is 0. The first-order valence-electron chi connectivity index (χ1n) is 3.39. The number of carboxylic acids is 1. The van der Waals surface area contributed by atoms with Crippen LogP contribution in [-0.2, 0) is 4.79 Å². The molecule has 0 aliphatic heterocycles.